The summed E-state index contributed by atoms with van der Waals surface area (Å²) in [6, 6.07) is 15.4. The van der Waals surface area contributed by atoms with Gasteiger partial charge >= 0.3 is 0 Å². The Morgan fingerprint density at radius 1 is 0.886 bits per heavy atom. The highest BCUT2D eigenvalue weighted by atomic mass is 16.5. The standard InChI is InChI=1S/C29H42N2O4/c1-7-24(28(33)30-29(4,5)6)31(20-19-22-13-11-10-12-14-22)27(32)18-16-23-15-17-25(34-8-2)26(21-23)35-9-3/h10-15,17,21,24H,7-9,16,18-20H2,1-6H3,(H,30,33). The molecule has 0 heterocycles. The number of benzene rings is 2. The molecule has 0 fully saturated rings. The van der Waals surface area contributed by atoms with Crippen LogP contribution in [-0.4, -0.2) is 48.1 Å². The van der Waals surface area contributed by atoms with Gasteiger partial charge < -0.3 is 19.7 Å². The Morgan fingerprint density at radius 3 is 2.14 bits per heavy atom. The van der Waals surface area contributed by atoms with Gasteiger partial charge in [-0.2, -0.15) is 0 Å². The van der Waals surface area contributed by atoms with E-state index in [9.17, 15) is 9.59 Å². The fourth-order valence-corrected chi connectivity index (χ4v) is 3.99. The largest absolute Gasteiger partial charge is 0.490 e. The predicted molar refractivity (Wildman–Crippen MR) is 141 cm³/mol. The first-order valence-electron chi connectivity index (χ1n) is 12.7. The zero-order chi connectivity index (χ0) is 25.8. The van der Waals surface area contributed by atoms with Crippen molar-refractivity contribution in [3.8, 4) is 11.5 Å². The maximum Gasteiger partial charge on any atom is 0.243 e. The molecular formula is C29H42N2O4. The zero-order valence-electron chi connectivity index (χ0n) is 22.2. The molecule has 0 bridgehead atoms. The number of rotatable bonds is 13. The van der Waals surface area contributed by atoms with E-state index >= 15 is 0 Å². The Morgan fingerprint density at radius 2 is 1.54 bits per heavy atom. The molecule has 6 nitrogen and oxygen atoms in total. The number of carbonyl (C=O) groups is 2. The van der Waals surface area contributed by atoms with Crippen LogP contribution in [0.5, 0.6) is 11.5 Å². The molecule has 2 aromatic rings. The van der Waals surface area contributed by atoms with Gasteiger partial charge in [-0.25, -0.2) is 0 Å². The van der Waals surface area contributed by atoms with Crippen LogP contribution in [0.2, 0.25) is 0 Å². The predicted octanol–water partition coefficient (Wildman–Crippen LogP) is 5.18. The van der Waals surface area contributed by atoms with Crippen LogP contribution in [0.15, 0.2) is 48.5 Å². The second-order valence-corrected chi connectivity index (χ2v) is 9.63. The molecule has 0 aliphatic heterocycles. The minimum atomic E-state index is -0.509. The summed E-state index contributed by atoms with van der Waals surface area (Å²) >= 11 is 0. The number of ether oxygens (including phenoxy) is 2. The number of carbonyl (C=O) groups excluding carboxylic acids is 2. The van der Waals surface area contributed by atoms with Gasteiger partial charge in [-0.3, -0.25) is 9.59 Å². The summed E-state index contributed by atoms with van der Waals surface area (Å²) in [6.45, 7) is 13.3. The summed E-state index contributed by atoms with van der Waals surface area (Å²) in [5.74, 6) is 1.26. The summed E-state index contributed by atoms with van der Waals surface area (Å²) in [4.78, 5) is 28.3. The highest BCUT2D eigenvalue weighted by Crippen LogP contribution is 2.29. The molecule has 0 saturated heterocycles. The quantitative estimate of drug-likeness (QED) is 0.427. The van der Waals surface area contributed by atoms with Crippen molar-refractivity contribution < 1.29 is 19.1 Å². The van der Waals surface area contributed by atoms with Crippen molar-refractivity contribution >= 4 is 11.8 Å². The lowest BCUT2D eigenvalue weighted by Crippen LogP contribution is -2.54. The summed E-state index contributed by atoms with van der Waals surface area (Å²) in [7, 11) is 0. The van der Waals surface area contributed by atoms with Crippen LogP contribution in [-0.2, 0) is 22.4 Å². The number of nitrogens with zero attached hydrogens (tertiary/aromatic N) is 1. The van der Waals surface area contributed by atoms with Crippen LogP contribution in [0.4, 0.5) is 0 Å². The summed E-state index contributed by atoms with van der Waals surface area (Å²) in [6.07, 6.45) is 2.13. The minimum Gasteiger partial charge on any atom is -0.490 e. The Labute approximate surface area is 211 Å². The van der Waals surface area contributed by atoms with Crippen LogP contribution in [0.25, 0.3) is 0 Å². The van der Waals surface area contributed by atoms with Crippen molar-refractivity contribution in [1.82, 2.24) is 10.2 Å². The van der Waals surface area contributed by atoms with E-state index < -0.39 is 6.04 Å². The van der Waals surface area contributed by atoms with E-state index in [1.165, 1.54) is 0 Å². The van der Waals surface area contributed by atoms with E-state index in [4.69, 9.17) is 9.47 Å². The van der Waals surface area contributed by atoms with Crippen molar-refractivity contribution in [3.63, 3.8) is 0 Å². The Balaban J connectivity index is 2.18. The van der Waals surface area contributed by atoms with Crippen LogP contribution in [0.1, 0.15) is 65.5 Å². The Kier molecular flexibility index (Phi) is 11.1. The Hall–Kier alpha value is -3.02. The second kappa shape index (κ2) is 13.8. The van der Waals surface area contributed by atoms with Gasteiger partial charge in [0.25, 0.3) is 0 Å². The monoisotopic (exact) mass is 482 g/mol. The van der Waals surface area contributed by atoms with Gasteiger partial charge in [0.05, 0.1) is 13.2 Å². The van der Waals surface area contributed by atoms with Crippen molar-refractivity contribution in [3.05, 3.63) is 59.7 Å². The number of amides is 2. The molecule has 0 aromatic heterocycles. The lowest BCUT2D eigenvalue weighted by molar-refractivity contribution is -0.141. The fraction of sp³-hybridized carbons (Fsp3) is 0.517. The highest BCUT2D eigenvalue weighted by molar-refractivity contribution is 5.88. The van der Waals surface area contributed by atoms with E-state index in [2.05, 4.69) is 5.32 Å². The van der Waals surface area contributed by atoms with Crippen LogP contribution >= 0.6 is 0 Å². The molecule has 2 amide bonds. The molecule has 1 unspecified atom stereocenters. The molecule has 0 spiro atoms. The van der Waals surface area contributed by atoms with Crippen molar-refractivity contribution in [2.75, 3.05) is 19.8 Å². The van der Waals surface area contributed by atoms with Crippen molar-refractivity contribution in [1.29, 1.82) is 0 Å². The molecule has 192 valence electrons. The summed E-state index contributed by atoms with van der Waals surface area (Å²) in [5.41, 5.74) is 1.78. The van der Waals surface area contributed by atoms with E-state index in [1.54, 1.807) is 4.90 Å². The molecule has 6 heteroatoms. The first-order chi connectivity index (χ1) is 16.7. The van der Waals surface area contributed by atoms with E-state index in [1.807, 2.05) is 90.1 Å². The second-order valence-electron chi connectivity index (χ2n) is 9.63. The fourth-order valence-electron chi connectivity index (χ4n) is 3.99. The average molecular weight is 483 g/mol. The molecule has 2 aromatic carbocycles. The van der Waals surface area contributed by atoms with E-state index in [0.29, 0.717) is 56.9 Å². The van der Waals surface area contributed by atoms with Crippen LogP contribution in [0, 0.1) is 0 Å². The molecule has 35 heavy (non-hydrogen) atoms. The molecule has 0 aliphatic rings. The van der Waals surface area contributed by atoms with Gasteiger partial charge in [-0.05, 0) is 77.1 Å². The van der Waals surface area contributed by atoms with Gasteiger partial charge in [0.1, 0.15) is 6.04 Å². The smallest absolute Gasteiger partial charge is 0.243 e. The number of nitrogens with one attached hydrogen (secondary N) is 1. The lowest BCUT2D eigenvalue weighted by Gasteiger charge is -2.33. The summed E-state index contributed by atoms with van der Waals surface area (Å²) in [5, 5.41) is 3.05. The maximum atomic E-state index is 13.5. The molecule has 0 radical (unpaired) electrons. The molecule has 1 atom stereocenters. The zero-order valence-corrected chi connectivity index (χ0v) is 22.2. The van der Waals surface area contributed by atoms with Gasteiger partial charge in [0.2, 0.25) is 11.8 Å². The van der Waals surface area contributed by atoms with Gasteiger partial charge in [0, 0.05) is 18.5 Å². The van der Waals surface area contributed by atoms with Gasteiger partial charge in [-0.15, -0.1) is 0 Å². The number of hydrogen-bond donors (Lipinski definition) is 1. The number of aryl methyl sites for hydroxylation is 1. The van der Waals surface area contributed by atoms with Crippen molar-refractivity contribution in [2.24, 2.45) is 0 Å². The first kappa shape index (κ1) is 28.2. The Bertz CT molecular complexity index is 937. The molecule has 0 aliphatic carbocycles. The van der Waals surface area contributed by atoms with E-state index in [-0.39, 0.29) is 17.4 Å². The maximum absolute atomic E-state index is 13.5. The lowest BCUT2D eigenvalue weighted by atomic mass is 10.0. The highest BCUT2D eigenvalue weighted by Gasteiger charge is 2.30. The minimum absolute atomic E-state index is 0.0244. The third-order valence-electron chi connectivity index (χ3n) is 5.60. The van der Waals surface area contributed by atoms with Gasteiger partial charge in [-0.1, -0.05) is 43.3 Å². The average Bonchev–Trinajstić information content (AvgIpc) is 2.81. The number of hydrogen-bond acceptors (Lipinski definition) is 4. The molecule has 1 N–H and O–H groups in total. The SMILES string of the molecule is CCOc1ccc(CCC(=O)N(CCc2ccccc2)C(CC)C(=O)NC(C)(C)C)cc1OCC. The van der Waals surface area contributed by atoms with E-state index in [0.717, 1.165) is 11.1 Å². The first-order valence-corrected chi connectivity index (χ1v) is 12.7. The van der Waals surface area contributed by atoms with Crippen LogP contribution < -0.4 is 14.8 Å². The van der Waals surface area contributed by atoms with Crippen LogP contribution in [0.3, 0.4) is 0 Å². The topological polar surface area (TPSA) is 67.9 Å². The summed E-state index contributed by atoms with van der Waals surface area (Å²) < 4.78 is 11.4. The third-order valence-corrected chi connectivity index (χ3v) is 5.60. The van der Waals surface area contributed by atoms with Gasteiger partial charge in [0.15, 0.2) is 11.5 Å². The molecule has 2 rings (SSSR count). The molecular weight excluding hydrogens is 440 g/mol. The molecule has 0 saturated carbocycles. The third kappa shape index (κ3) is 9.27. The normalized spacial score (nSPS) is 12.1. The van der Waals surface area contributed by atoms with Crippen molar-refractivity contribution in [2.45, 2.75) is 78.8 Å².